The maximum Gasteiger partial charge on any atom is 0.335 e. The van der Waals surface area contributed by atoms with Gasteiger partial charge in [-0.1, -0.05) is 6.92 Å². The molecule has 2 unspecified atom stereocenters. The molecule has 0 radical (unpaired) electrons. The fourth-order valence-corrected chi connectivity index (χ4v) is 2.60. The van der Waals surface area contributed by atoms with Gasteiger partial charge in [0.25, 0.3) is 0 Å². The van der Waals surface area contributed by atoms with Crippen molar-refractivity contribution in [2.24, 2.45) is 5.41 Å². The van der Waals surface area contributed by atoms with E-state index in [1.54, 1.807) is 12.1 Å². The Balaban J connectivity index is 1.64. The minimum atomic E-state index is -0.972. The van der Waals surface area contributed by atoms with Crippen molar-refractivity contribution in [3.05, 3.63) is 29.8 Å². The van der Waals surface area contributed by atoms with E-state index >= 15 is 0 Å². The molecule has 2 N–H and O–H groups in total. The predicted molar refractivity (Wildman–Crippen MR) is 82.5 cm³/mol. The second kappa shape index (κ2) is 6.20. The summed E-state index contributed by atoms with van der Waals surface area (Å²) in [4.78, 5) is 23.1. The molecule has 2 fully saturated rings. The third-order valence-electron chi connectivity index (χ3n) is 4.56. The van der Waals surface area contributed by atoms with Crippen molar-refractivity contribution in [3.8, 4) is 5.75 Å². The van der Waals surface area contributed by atoms with Crippen LogP contribution in [0, 0.1) is 5.41 Å². The molecule has 1 aliphatic heterocycles. The number of carbonyl (C=O) groups is 2. The Bertz CT molecular complexity index is 594. The maximum absolute atomic E-state index is 12.2. The van der Waals surface area contributed by atoms with Crippen LogP contribution >= 0.6 is 0 Å². The first-order valence-corrected chi connectivity index (χ1v) is 7.87. The molecular weight excluding hydrogens is 298 g/mol. The molecule has 1 saturated carbocycles. The molecule has 0 bridgehead atoms. The molecule has 0 aromatic heterocycles. The average Bonchev–Trinajstić information content (AvgIpc) is 3.29. The van der Waals surface area contributed by atoms with Crippen LogP contribution < -0.4 is 10.1 Å². The van der Waals surface area contributed by atoms with Crippen LogP contribution in [0.3, 0.4) is 0 Å². The van der Waals surface area contributed by atoms with E-state index in [4.69, 9.17) is 14.6 Å². The molecular formula is C17H21NO5. The van der Waals surface area contributed by atoms with Gasteiger partial charge in [-0.25, -0.2) is 4.79 Å². The lowest BCUT2D eigenvalue weighted by Gasteiger charge is -2.33. The van der Waals surface area contributed by atoms with Gasteiger partial charge in [0.15, 0.2) is 0 Å². The minimum absolute atomic E-state index is 0.0826. The van der Waals surface area contributed by atoms with Gasteiger partial charge in [0.1, 0.15) is 11.9 Å². The highest BCUT2D eigenvalue weighted by molar-refractivity contribution is 5.87. The monoisotopic (exact) mass is 319 g/mol. The van der Waals surface area contributed by atoms with Crippen LogP contribution in [0.5, 0.6) is 5.75 Å². The molecule has 1 aliphatic carbocycles. The summed E-state index contributed by atoms with van der Waals surface area (Å²) in [5.41, 5.74) is -0.00447. The number of hydrogen-bond acceptors (Lipinski definition) is 4. The second-order valence-electron chi connectivity index (χ2n) is 6.49. The lowest BCUT2D eigenvalue weighted by atomic mass is 10.0. The van der Waals surface area contributed by atoms with Crippen LogP contribution in [-0.2, 0) is 9.53 Å². The highest BCUT2D eigenvalue weighted by Crippen LogP contribution is 2.45. The largest absolute Gasteiger partial charge is 0.486 e. The Labute approximate surface area is 134 Å². The summed E-state index contributed by atoms with van der Waals surface area (Å²) in [6, 6.07) is 6.16. The summed E-state index contributed by atoms with van der Waals surface area (Å²) in [5.74, 6) is -0.318. The molecule has 0 spiro atoms. The summed E-state index contributed by atoms with van der Waals surface area (Å²) in [7, 11) is 0. The zero-order valence-electron chi connectivity index (χ0n) is 13.1. The van der Waals surface area contributed by atoms with Crippen molar-refractivity contribution in [3.63, 3.8) is 0 Å². The Morgan fingerprint density at radius 3 is 2.61 bits per heavy atom. The van der Waals surface area contributed by atoms with E-state index in [0.29, 0.717) is 25.4 Å². The van der Waals surface area contributed by atoms with Crippen molar-refractivity contribution in [1.82, 2.24) is 5.32 Å². The smallest absolute Gasteiger partial charge is 0.335 e. The van der Waals surface area contributed by atoms with Crippen LogP contribution in [0.15, 0.2) is 24.3 Å². The molecule has 1 aromatic rings. The second-order valence-corrected chi connectivity index (χ2v) is 6.49. The van der Waals surface area contributed by atoms with Crippen LogP contribution in [0.2, 0.25) is 0 Å². The molecule has 6 nitrogen and oxygen atoms in total. The van der Waals surface area contributed by atoms with Gasteiger partial charge in [0.05, 0.1) is 18.2 Å². The quantitative estimate of drug-likeness (QED) is 0.865. The molecule has 1 amide bonds. The van der Waals surface area contributed by atoms with E-state index in [2.05, 4.69) is 5.32 Å². The number of hydrogen-bond donors (Lipinski definition) is 2. The fourth-order valence-electron chi connectivity index (χ4n) is 2.60. The Kier molecular flexibility index (Phi) is 4.26. The highest BCUT2D eigenvalue weighted by atomic mass is 16.5. The number of ether oxygens (including phenoxy) is 2. The van der Waals surface area contributed by atoms with Gasteiger partial charge in [-0.15, -0.1) is 0 Å². The number of amides is 1. The normalized spacial score (nSPS) is 25.4. The molecule has 124 valence electrons. The number of nitrogens with one attached hydrogen (secondary N) is 1. The van der Waals surface area contributed by atoms with Crippen molar-refractivity contribution in [2.45, 2.75) is 38.3 Å². The van der Waals surface area contributed by atoms with Crippen LogP contribution in [-0.4, -0.2) is 42.3 Å². The summed E-state index contributed by atoms with van der Waals surface area (Å²) in [6.45, 7) is 2.98. The first-order valence-electron chi connectivity index (χ1n) is 7.87. The third-order valence-corrected chi connectivity index (χ3v) is 4.56. The molecule has 1 saturated heterocycles. The van der Waals surface area contributed by atoms with Crippen LogP contribution in [0.1, 0.15) is 36.5 Å². The van der Waals surface area contributed by atoms with Crippen LogP contribution in [0.4, 0.5) is 0 Å². The zero-order valence-corrected chi connectivity index (χ0v) is 13.1. The van der Waals surface area contributed by atoms with E-state index < -0.39 is 5.97 Å². The number of aromatic carboxylic acids is 1. The van der Waals surface area contributed by atoms with E-state index in [9.17, 15) is 9.59 Å². The number of carbonyl (C=O) groups excluding carboxylic acids is 1. The van der Waals surface area contributed by atoms with Crippen molar-refractivity contribution < 1.29 is 24.2 Å². The van der Waals surface area contributed by atoms with Crippen LogP contribution in [0.25, 0.3) is 0 Å². The molecule has 23 heavy (non-hydrogen) atoms. The first-order chi connectivity index (χ1) is 11.0. The van der Waals surface area contributed by atoms with E-state index in [0.717, 1.165) is 12.8 Å². The molecule has 1 heterocycles. The Morgan fingerprint density at radius 2 is 2.00 bits per heavy atom. The first kappa shape index (κ1) is 15.8. The Hall–Kier alpha value is -2.08. The summed E-state index contributed by atoms with van der Waals surface area (Å²) in [5, 5.41) is 12.0. The summed E-state index contributed by atoms with van der Waals surface area (Å²) >= 11 is 0. The van der Waals surface area contributed by atoms with Gasteiger partial charge in [-0.05, 0) is 43.5 Å². The maximum atomic E-state index is 12.2. The van der Waals surface area contributed by atoms with E-state index in [-0.39, 0.29) is 29.0 Å². The summed E-state index contributed by atoms with van der Waals surface area (Å²) < 4.78 is 11.4. The topological polar surface area (TPSA) is 84.9 Å². The lowest BCUT2D eigenvalue weighted by molar-refractivity contribution is -0.128. The van der Waals surface area contributed by atoms with E-state index in [1.807, 2.05) is 6.92 Å². The predicted octanol–water partition coefficient (Wildman–Crippen LogP) is 1.84. The zero-order chi connectivity index (χ0) is 16.4. The van der Waals surface area contributed by atoms with Crippen molar-refractivity contribution >= 4 is 11.9 Å². The Morgan fingerprint density at radius 1 is 1.30 bits per heavy atom. The van der Waals surface area contributed by atoms with E-state index in [1.165, 1.54) is 12.1 Å². The van der Waals surface area contributed by atoms with Gasteiger partial charge in [0, 0.05) is 12.0 Å². The van der Waals surface area contributed by atoms with Gasteiger partial charge >= 0.3 is 5.97 Å². The summed E-state index contributed by atoms with van der Waals surface area (Å²) in [6.07, 6.45) is 2.31. The molecule has 2 atom stereocenters. The average molecular weight is 319 g/mol. The van der Waals surface area contributed by atoms with Gasteiger partial charge in [-0.3, -0.25) is 4.79 Å². The van der Waals surface area contributed by atoms with Gasteiger partial charge in [-0.2, -0.15) is 0 Å². The minimum Gasteiger partial charge on any atom is -0.486 e. The van der Waals surface area contributed by atoms with Crippen molar-refractivity contribution in [1.29, 1.82) is 0 Å². The third kappa shape index (κ3) is 3.64. The van der Waals surface area contributed by atoms with Gasteiger partial charge in [0.2, 0.25) is 5.91 Å². The molecule has 2 aliphatic rings. The number of carboxylic acid groups (broad SMARTS) is 1. The molecule has 3 rings (SSSR count). The number of rotatable bonds is 5. The SMILES string of the molecule is CC1(C(=O)NC2CCOCC2Oc2ccc(C(=O)O)cc2)CC1. The lowest BCUT2D eigenvalue weighted by Crippen LogP contribution is -2.52. The van der Waals surface area contributed by atoms with Crippen molar-refractivity contribution in [2.75, 3.05) is 13.2 Å². The molecule has 1 aromatic carbocycles. The fraction of sp³-hybridized carbons (Fsp3) is 0.529. The van der Waals surface area contributed by atoms with Gasteiger partial charge < -0.3 is 19.9 Å². The molecule has 6 heteroatoms. The number of carboxylic acids is 1. The highest BCUT2D eigenvalue weighted by Gasteiger charge is 2.46. The number of benzene rings is 1. The standard InChI is InChI=1S/C17H21NO5/c1-17(7-8-17)16(21)18-13-6-9-22-10-14(13)23-12-4-2-11(3-5-12)15(19)20/h2-5,13-14H,6-10H2,1H3,(H,18,21)(H,19,20).